The Morgan fingerprint density at radius 3 is 3.06 bits per heavy atom. The van der Waals surface area contributed by atoms with E-state index in [1.807, 2.05) is 13.0 Å². The van der Waals surface area contributed by atoms with Gasteiger partial charge < -0.3 is 11.1 Å². The number of hydrogen-bond acceptors (Lipinski definition) is 5. The van der Waals surface area contributed by atoms with Crippen molar-refractivity contribution in [2.45, 2.75) is 13.5 Å². The number of anilines is 1. The van der Waals surface area contributed by atoms with Gasteiger partial charge in [-0.3, -0.25) is 14.9 Å². The van der Waals surface area contributed by atoms with Gasteiger partial charge in [-0.15, -0.1) is 5.10 Å². The Morgan fingerprint density at radius 1 is 1.59 bits per heavy atom. The van der Waals surface area contributed by atoms with Crippen LogP contribution in [0.25, 0.3) is 0 Å². The van der Waals surface area contributed by atoms with Crippen molar-refractivity contribution in [2.24, 2.45) is 0 Å². The highest BCUT2D eigenvalue weighted by molar-refractivity contribution is 5.90. The molecule has 4 N–H and O–H groups in total. The zero-order valence-corrected chi connectivity index (χ0v) is 9.27. The van der Waals surface area contributed by atoms with E-state index in [1.54, 1.807) is 12.4 Å². The lowest BCUT2D eigenvalue weighted by atomic mass is 10.1. The molecule has 17 heavy (non-hydrogen) atoms. The van der Waals surface area contributed by atoms with Gasteiger partial charge in [-0.1, -0.05) is 0 Å². The number of rotatable bonds is 3. The summed E-state index contributed by atoms with van der Waals surface area (Å²) in [6, 6.07) is 1.85. The predicted molar refractivity (Wildman–Crippen MR) is 60.9 cm³/mol. The predicted octanol–water partition coefficient (Wildman–Crippen LogP) is 0.0203. The van der Waals surface area contributed by atoms with Crippen LogP contribution in [0.5, 0.6) is 0 Å². The Balaban J connectivity index is 1.99. The summed E-state index contributed by atoms with van der Waals surface area (Å²) < 4.78 is 0. The van der Waals surface area contributed by atoms with Crippen LogP contribution in [0.4, 0.5) is 5.95 Å². The van der Waals surface area contributed by atoms with Gasteiger partial charge in [-0.05, 0) is 24.1 Å². The number of nitrogens with one attached hydrogen (secondary N) is 2. The summed E-state index contributed by atoms with van der Waals surface area (Å²) in [6.45, 7) is 2.34. The molecule has 0 aliphatic rings. The number of amides is 1. The number of pyridine rings is 1. The molecule has 7 heteroatoms. The lowest BCUT2D eigenvalue weighted by molar-refractivity contribution is 0.0941. The molecule has 1 amide bonds. The summed E-state index contributed by atoms with van der Waals surface area (Å²) in [4.78, 5) is 19.3. The highest BCUT2D eigenvalue weighted by Gasteiger charge is 2.10. The number of aryl methyl sites for hydroxylation is 1. The molecule has 0 atom stereocenters. The van der Waals surface area contributed by atoms with E-state index in [9.17, 15) is 4.79 Å². The Kier molecular flexibility index (Phi) is 2.99. The van der Waals surface area contributed by atoms with E-state index in [0.29, 0.717) is 6.54 Å². The van der Waals surface area contributed by atoms with Crippen molar-refractivity contribution in [3.05, 3.63) is 35.4 Å². The molecular formula is C10H12N6O. The normalized spacial score (nSPS) is 10.2. The molecule has 0 aliphatic carbocycles. The zero-order valence-electron chi connectivity index (χ0n) is 9.27. The van der Waals surface area contributed by atoms with E-state index in [-0.39, 0.29) is 17.7 Å². The maximum absolute atomic E-state index is 11.6. The number of carbonyl (C=O) groups is 1. The summed E-state index contributed by atoms with van der Waals surface area (Å²) >= 11 is 0. The highest BCUT2D eigenvalue weighted by atomic mass is 16.2. The molecule has 2 aromatic heterocycles. The minimum atomic E-state index is -0.342. The summed E-state index contributed by atoms with van der Waals surface area (Å²) in [5.74, 6) is -0.185. The molecule has 0 saturated carbocycles. The van der Waals surface area contributed by atoms with Crippen molar-refractivity contribution in [1.29, 1.82) is 0 Å². The molecule has 2 aromatic rings. The third kappa shape index (κ3) is 2.57. The van der Waals surface area contributed by atoms with Crippen molar-refractivity contribution in [1.82, 2.24) is 25.5 Å². The van der Waals surface area contributed by atoms with Gasteiger partial charge in [-0.2, -0.15) is 4.98 Å². The SMILES string of the molecule is Cc1cnccc1CNC(=O)c1nc(N)n[nH]1. The average molecular weight is 232 g/mol. The smallest absolute Gasteiger partial charge is 0.288 e. The largest absolute Gasteiger partial charge is 0.366 e. The molecular weight excluding hydrogens is 220 g/mol. The van der Waals surface area contributed by atoms with Gasteiger partial charge in [0.25, 0.3) is 5.91 Å². The van der Waals surface area contributed by atoms with Crippen LogP contribution in [0, 0.1) is 6.92 Å². The fourth-order valence-electron chi connectivity index (χ4n) is 1.34. The van der Waals surface area contributed by atoms with E-state index in [1.165, 1.54) is 0 Å². The quantitative estimate of drug-likeness (QED) is 0.691. The summed E-state index contributed by atoms with van der Waals surface area (Å²) in [5, 5.41) is 8.74. The number of aromatic nitrogens is 4. The third-order valence-corrected chi connectivity index (χ3v) is 2.29. The minimum Gasteiger partial charge on any atom is -0.366 e. The first-order chi connectivity index (χ1) is 8.16. The Morgan fingerprint density at radius 2 is 2.41 bits per heavy atom. The topological polar surface area (TPSA) is 110 Å². The Hall–Kier alpha value is -2.44. The molecule has 0 spiro atoms. The van der Waals surface area contributed by atoms with Gasteiger partial charge >= 0.3 is 0 Å². The number of aromatic amines is 1. The standard InChI is InChI=1S/C10H12N6O/c1-6-4-12-3-2-7(6)5-13-9(17)8-14-10(11)16-15-8/h2-4H,5H2,1H3,(H,13,17)(H3,11,14,15,16). The number of hydrogen-bond donors (Lipinski definition) is 3. The highest BCUT2D eigenvalue weighted by Crippen LogP contribution is 2.04. The first kappa shape index (κ1) is 11.1. The van der Waals surface area contributed by atoms with Gasteiger partial charge in [0, 0.05) is 18.9 Å². The van der Waals surface area contributed by atoms with Gasteiger partial charge in [0.2, 0.25) is 11.8 Å². The van der Waals surface area contributed by atoms with Gasteiger partial charge in [-0.25, -0.2) is 0 Å². The summed E-state index contributed by atoms with van der Waals surface area (Å²) in [5.41, 5.74) is 7.33. The molecule has 0 unspecified atom stereocenters. The number of carbonyl (C=O) groups excluding carboxylic acids is 1. The first-order valence-corrected chi connectivity index (χ1v) is 5.02. The third-order valence-electron chi connectivity index (χ3n) is 2.29. The van der Waals surface area contributed by atoms with E-state index in [0.717, 1.165) is 11.1 Å². The lowest BCUT2D eigenvalue weighted by Gasteiger charge is -2.05. The van der Waals surface area contributed by atoms with E-state index < -0.39 is 0 Å². The second-order valence-electron chi connectivity index (χ2n) is 3.53. The average Bonchev–Trinajstić information content (AvgIpc) is 2.74. The second kappa shape index (κ2) is 4.60. The van der Waals surface area contributed by atoms with Gasteiger partial charge in [0.05, 0.1) is 0 Å². The monoisotopic (exact) mass is 232 g/mol. The second-order valence-corrected chi connectivity index (χ2v) is 3.53. The fraction of sp³-hybridized carbons (Fsp3) is 0.200. The zero-order chi connectivity index (χ0) is 12.3. The van der Waals surface area contributed by atoms with E-state index in [4.69, 9.17) is 5.73 Å². The molecule has 0 aliphatic heterocycles. The van der Waals surface area contributed by atoms with E-state index in [2.05, 4.69) is 25.5 Å². The summed E-state index contributed by atoms with van der Waals surface area (Å²) in [6.07, 6.45) is 3.43. The molecule has 0 radical (unpaired) electrons. The minimum absolute atomic E-state index is 0.0511. The maximum atomic E-state index is 11.6. The van der Waals surface area contributed by atoms with Crippen LogP contribution in [0.1, 0.15) is 21.7 Å². The van der Waals surface area contributed by atoms with Gasteiger partial charge in [0.15, 0.2) is 0 Å². The Bertz CT molecular complexity index is 535. The van der Waals surface area contributed by atoms with Crippen LogP contribution in [-0.4, -0.2) is 26.1 Å². The van der Waals surface area contributed by atoms with Crippen LogP contribution >= 0.6 is 0 Å². The van der Waals surface area contributed by atoms with Gasteiger partial charge in [0.1, 0.15) is 0 Å². The molecule has 0 saturated heterocycles. The van der Waals surface area contributed by atoms with Crippen LogP contribution in [0.3, 0.4) is 0 Å². The molecule has 7 nitrogen and oxygen atoms in total. The number of nitrogens with two attached hydrogens (primary N) is 1. The molecule has 0 bridgehead atoms. The van der Waals surface area contributed by atoms with Crippen LogP contribution < -0.4 is 11.1 Å². The van der Waals surface area contributed by atoms with Crippen LogP contribution in [-0.2, 0) is 6.54 Å². The molecule has 2 rings (SSSR count). The lowest BCUT2D eigenvalue weighted by Crippen LogP contribution is -2.24. The van der Waals surface area contributed by atoms with Crippen molar-refractivity contribution in [3.8, 4) is 0 Å². The van der Waals surface area contributed by atoms with Crippen molar-refractivity contribution >= 4 is 11.9 Å². The van der Waals surface area contributed by atoms with Crippen LogP contribution in [0.15, 0.2) is 18.5 Å². The molecule has 0 aromatic carbocycles. The number of H-pyrrole nitrogens is 1. The summed E-state index contributed by atoms with van der Waals surface area (Å²) in [7, 11) is 0. The first-order valence-electron chi connectivity index (χ1n) is 5.02. The van der Waals surface area contributed by atoms with E-state index >= 15 is 0 Å². The number of nitrogens with zero attached hydrogens (tertiary/aromatic N) is 3. The van der Waals surface area contributed by atoms with Crippen molar-refractivity contribution in [2.75, 3.05) is 5.73 Å². The maximum Gasteiger partial charge on any atom is 0.288 e. The molecule has 88 valence electrons. The molecule has 2 heterocycles. The van der Waals surface area contributed by atoms with Crippen LogP contribution in [0.2, 0.25) is 0 Å². The van der Waals surface area contributed by atoms with Crippen molar-refractivity contribution in [3.63, 3.8) is 0 Å². The molecule has 0 fully saturated rings. The Labute approximate surface area is 97.5 Å². The fourth-order valence-corrected chi connectivity index (χ4v) is 1.34. The number of nitrogen functional groups attached to an aromatic ring is 1. The van der Waals surface area contributed by atoms with Crippen molar-refractivity contribution < 1.29 is 4.79 Å².